The van der Waals surface area contributed by atoms with Crippen molar-refractivity contribution >= 4 is 28.6 Å². The highest BCUT2D eigenvalue weighted by atomic mass is 35.5. The Hall–Kier alpha value is -1.20. The average Bonchev–Trinajstić information content (AvgIpc) is 2.79. The summed E-state index contributed by atoms with van der Waals surface area (Å²) < 4.78 is 37.6. The monoisotopic (exact) mass is 291 g/mol. The fourth-order valence-corrected chi connectivity index (χ4v) is 2.26. The Morgan fingerprint density at radius 3 is 2.61 bits per heavy atom. The van der Waals surface area contributed by atoms with E-state index >= 15 is 0 Å². The molecule has 0 atom stereocenters. The molecule has 1 heterocycles. The van der Waals surface area contributed by atoms with Crippen LogP contribution in [-0.2, 0) is 12.7 Å². The maximum atomic E-state index is 12.5. The van der Waals surface area contributed by atoms with Gasteiger partial charge in [-0.15, -0.1) is 11.3 Å². The fraction of sp³-hybridized carbons (Fsp3) is 0.167. The molecule has 0 amide bonds. The molecule has 2 aromatic rings. The standard InChI is InChI=1S/C12H9ClF3NS/c13-10-4-3-8(12(14,15)16)6-11(10)17-7-9-2-1-5-18-9/h1-6,17H,7H2. The first-order valence-corrected chi connectivity index (χ1v) is 6.35. The van der Waals surface area contributed by atoms with Crippen LogP contribution in [0.4, 0.5) is 18.9 Å². The van der Waals surface area contributed by atoms with Gasteiger partial charge in [0.05, 0.1) is 16.3 Å². The van der Waals surface area contributed by atoms with E-state index in [1.165, 1.54) is 17.4 Å². The minimum atomic E-state index is -4.36. The molecule has 0 aliphatic heterocycles. The van der Waals surface area contributed by atoms with Crippen molar-refractivity contribution in [3.63, 3.8) is 0 Å². The lowest BCUT2D eigenvalue weighted by molar-refractivity contribution is -0.137. The summed E-state index contributed by atoms with van der Waals surface area (Å²) in [5, 5.41) is 5.09. The summed E-state index contributed by atoms with van der Waals surface area (Å²) in [5.41, 5.74) is -0.416. The predicted octanol–water partition coefficient (Wildman–Crippen LogP) is 5.03. The van der Waals surface area contributed by atoms with Crippen molar-refractivity contribution < 1.29 is 13.2 Å². The molecule has 0 unspecified atom stereocenters. The van der Waals surface area contributed by atoms with Crippen LogP contribution in [0.3, 0.4) is 0 Å². The molecule has 96 valence electrons. The summed E-state index contributed by atoms with van der Waals surface area (Å²) in [5.74, 6) is 0. The molecule has 0 aliphatic carbocycles. The molecule has 0 bridgehead atoms. The van der Waals surface area contributed by atoms with Crippen molar-refractivity contribution in [2.75, 3.05) is 5.32 Å². The Morgan fingerprint density at radius 2 is 2.00 bits per heavy atom. The zero-order valence-electron chi connectivity index (χ0n) is 9.09. The van der Waals surface area contributed by atoms with E-state index in [0.717, 1.165) is 17.0 Å². The van der Waals surface area contributed by atoms with Crippen molar-refractivity contribution in [3.05, 3.63) is 51.2 Å². The van der Waals surface area contributed by atoms with Crippen LogP contribution in [0.2, 0.25) is 5.02 Å². The van der Waals surface area contributed by atoms with Crippen LogP contribution >= 0.6 is 22.9 Å². The molecular formula is C12H9ClF3NS. The number of rotatable bonds is 3. The summed E-state index contributed by atoms with van der Waals surface area (Å²) in [6, 6.07) is 7.03. The van der Waals surface area contributed by atoms with Gasteiger partial charge in [-0.1, -0.05) is 17.7 Å². The van der Waals surface area contributed by atoms with E-state index < -0.39 is 11.7 Å². The number of nitrogens with one attached hydrogen (secondary N) is 1. The molecule has 0 saturated heterocycles. The lowest BCUT2D eigenvalue weighted by Gasteiger charge is -2.11. The lowest BCUT2D eigenvalue weighted by Crippen LogP contribution is -2.06. The third-order valence-corrected chi connectivity index (χ3v) is 3.53. The van der Waals surface area contributed by atoms with Gasteiger partial charge in [0.2, 0.25) is 0 Å². The minimum Gasteiger partial charge on any atom is -0.379 e. The van der Waals surface area contributed by atoms with Crippen molar-refractivity contribution in [2.45, 2.75) is 12.7 Å². The summed E-state index contributed by atoms with van der Waals surface area (Å²) in [6.07, 6.45) is -4.36. The normalized spacial score (nSPS) is 11.6. The zero-order valence-corrected chi connectivity index (χ0v) is 10.7. The molecular weight excluding hydrogens is 283 g/mol. The first kappa shape index (κ1) is 13.2. The molecule has 1 nitrogen and oxygen atoms in total. The van der Waals surface area contributed by atoms with E-state index in [0.29, 0.717) is 12.2 Å². The lowest BCUT2D eigenvalue weighted by atomic mass is 10.2. The molecule has 1 aromatic heterocycles. The zero-order chi connectivity index (χ0) is 13.2. The highest BCUT2D eigenvalue weighted by molar-refractivity contribution is 7.09. The smallest absolute Gasteiger partial charge is 0.379 e. The molecule has 1 N–H and O–H groups in total. The number of halogens is 4. The number of alkyl halides is 3. The van der Waals surface area contributed by atoms with E-state index in [1.807, 2.05) is 17.5 Å². The van der Waals surface area contributed by atoms with Gasteiger partial charge in [-0.2, -0.15) is 13.2 Å². The van der Waals surface area contributed by atoms with Gasteiger partial charge in [-0.3, -0.25) is 0 Å². The molecule has 0 saturated carbocycles. The van der Waals surface area contributed by atoms with Gasteiger partial charge in [-0.05, 0) is 29.6 Å². The van der Waals surface area contributed by atoms with Crippen molar-refractivity contribution in [1.29, 1.82) is 0 Å². The maximum absolute atomic E-state index is 12.5. The van der Waals surface area contributed by atoms with Gasteiger partial charge >= 0.3 is 6.18 Å². The molecule has 0 spiro atoms. The summed E-state index contributed by atoms with van der Waals surface area (Å²) in [7, 11) is 0. The van der Waals surface area contributed by atoms with E-state index in [9.17, 15) is 13.2 Å². The third-order valence-electron chi connectivity index (χ3n) is 2.33. The second-order valence-corrected chi connectivity index (χ2v) is 5.06. The molecule has 1 aromatic carbocycles. The van der Waals surface area contributed by atoms with Crippen LogP contribution in [0.1, 0.15) is 10.4 Å². The molecule has 0 fully saturated rings. The SMILES string of the molecule is FC(F)(F)c1ccc(Cl)c(NCc2cccs2)c1. The van der Waals surface area contributed by atoms with Crippen molar-refractivity contribution in [2.24, 2.45) is 0 Å². The third kappa shape index (κ3) is 3.17. The van der Waals surface area contributed by atoms with E-state index in [-0.39, 0.29) is 5.02 Å². The second-order valence-electron chi connectivity index (χ2n) is 3.63. The van der Waals surface area contributed by atoms with Crippen LogP contribution in [0.5, 0.6) is 0 Å². The maximum Gasteiger partial charge on any atom is 0.416 e. The molecule has 0 radical (unpaired) electrons. The van der Waals surface area contributed by atoms with E-state index in [4.69, 9.17) is 11.6 Å². The number of thiophene rings is 1. The number of anilines is 1. The quantitative estimate of drug-likeness (QED) is 0.836. The van der Waals surface area contributed by atoms with Gasteiger partial charge in [-0.25, -0.2) is 0 Å². The number of hydrogen-bond donors (Lipinski definition) is 1. The highest BCUT2D eigenvalue weighted by Crippen LogP contribution is 2.34. The molecule has 6 heteroatoms. The number of hydrogen-bond acceptors (Lipinski definition) is 2. The first-order valence-electron chi connectivity index (χ1n) is 5.10. The Kier molecular flexibility index (Phi) is 3.82. The summed E-state index contributed by atoms with van der Waals surface area (Å²) >= 11 is 7.39. The van der Waals surface area contributed by atoms with Crippen LogP contribution in [0, 0.1) is 0 Å². The highest BCUT2D eigenvalue weighted by Gasteiger charge is 2.30. The first-order chi connectivity index (χ1) is 8.47. The Balaban J connectivity index is 2.16. The van der Waals surface area contributed by atoms with Crippen LogP contribution in [0.25, 0.3) is 0 Å². The Morgan fingerprint density at radius 1 is 1.22 bits per heavy atom. The van der Waals surface area contributed by atoms with Gasteiger partial charge < -0.3 is 5.32 Å². The van der Waals surface area contributed by atoms with Crippen LogP contribution in [-0.4, -0.2) is 0 Å². The Bertz CT molecular complexity index is 523. The molecule has 2 rings (SSSR count). The second kappa shape index (κ2) is 5.20. The largest absolute Gasteiger partial charge is 0.416 e. The van der Waals surface area contributed by atoms with Gasteiger partial charge in [0, 0.05) is 11.4 Å². The molecule has 18 heavy (non-hydrogen) atoms. The van der Waals surface area contributed by atoms with Crippen molar-refractivity contribution in [1.82, 2.24) is 0 Å². The minimum absolute atomic E-state index is 0.277. The number of benzene rings is 1. The topological polar surface area (TPSA) is 12.0 Å². The van der Waals surface area contributed by atoms with Gasteiger partial charge in [0.15, 0.2) is 0 Å². The van der Waals surface area contributed by atoms with Gasteiger partial charge in [0.1, 0.15) is 0 Å². The van der Waals surface area contributed by atoms with Crippen LogP contribution in [0.15, 0.2) is 35.7 Å². The Labute approximate surface area is 111 Å². The molecule has 0 aliphatic rings. The van der Waals surface area contributed by atoms with E-state index in [2.05, 4.69) is 5.32 Å². The average molecular weight is 292 g/mol. The summed E-state index contributed by atoms with van der Waals surface area (Å²) in [6.45, 7) is 0.457. The van der Waals surface area contributed by atoms with Crippen LogP contribution < -0.4 is 5.32 Å². The van der Waals surface area contributed by atoms with E-state index in [1.54, 1.807) is 0 Å². The van der Waals surface area contributed by atoms with Gasteiger partial charge in [0.25, 0.3) is 0 Å². The van der Waals surface area contributed by atoms with Crippen molar-refractivity contribution in [3.8, 4) is 0 Å². The summed E-state index contributed by atoms with van der Waals surface area (Å²) in [4.78, 5) is 1.03. The predicted molar refractivity (Wildman–Crippen MR) is 68.1 cm³/mol. The fourth-order valence-electron chi connectivity index (χ4n) is 1.43.